The highest BCUT2D eigenvalue weighted by Crippen LogP contribution is 2.33. The molecule has 1 heterocycles. The lowest BCUT2D eigenvalue weighted by Gasteiger charge is -2.51. The highest BCUT2D eigenvalue weighted by molar-refractivity contribution is 5.83. The zero-order chi connectivity index (χ0) is 39.2. The summed E-state index contributed by atoms with van der Waals surface area (Å²) in [5, 5.41) is 34.6. The van der Waals surface area contributed by atoms with Gasteiger partial charge in [-0.15, -0.1) is 0 Å². The van der Waals surface area contributed by atoms with Gasteiger partial charge in [-0.05, 0) is 25.2 Å². The predicted molar refractivity (Wildman–Crippen MR) is 219 cm³/mol. The van der Waals surface area contributed by atoms with Crippen LogP contribution in [-0.4, -0.2) is 75.4 Å². The second-order valence-corrected chi connectivity index (χ2v) is 16.7. The molecule has 9 heteroatoms. The molecule has 0 aromatic carbocycles. The lowest BCUT2D eigenvalue weighted by molar-refractivity contribution is -0.280. The highest BCUT2D eigenvalue weighted by atomic mass is 16.6. The number of nitrogens with zero attached hydrogens (tertiary/aromatic N) is 1. The fourth-order valence-corrected chi connectivity index (χ4v) is 7.79. The maximum Gasteiger partial charge on any atom is 0.240 e. The third kappa shape index (κ3) is 22.8. The second-order valence-electron chi connectivity index (χ2n) is 16.7. The summed E-state index contributed by atoms with van der Waals surface area (Å²) in [5.41, 5.74) is 6.29. The van der Waals surface area contributed by atoms with Crippen molar-refractivity contribution in [2.24, 2.45) is 11.7 Å². The second kappa shape index (κ2) is 31.9. The third-order valence-corrected chi connectivity index (χ3v) is 11.1. The van der Waals surface area contributed by atoms with Crippen LogP contribution in [-0.2, 0) is 14.3 Å². The molecule has 5 atom stereocenters. The van der Waals surface area contributed by atoms with Crippen molar-refractivity contribution in [1.82, 2.24) is 10.2 Å². The summed E-state index contributed by atoms with van der Waals surface area (Å²) < 4.78 is 6.26. The van der Waals surface area contributed by atoms with Crippen LogP contribution in [0, 0.1) is 5.92 Å². The standard InChI is InChI=1S/C44H87N3O6/c1-5-7-9-11-13-15-17-19-20-21-22-24-26-28-30-32-41(50)47(33-31-29-27-25-23-18-16-14-12-10-8-6-2)44(46-43(52)38(45)34-37(3)4)35-39(49)42(51)40(36-48)53-44/h37-40,42,48-49,51H,5-36,45H2,1-4H3,(H,46,52)/t38-,39+,40+,42-,44-/m0/s1. The van der Waals surface area contributed by atoms with E-state index in [2.05, 4.69) is 19.2 Å². The summed E-state index contributed by atoms with van der Waals surface area (Å²) in [4.78, 5) is 29.1. The Morgan fingerprint density at radius 1 is 0.698 bits per heavy atom. The summed E-state index contributed by atoms with van der Waals surface area (Å²) in [7, 11) is 0. The number of hydrogen-bond acceptors (Lipinski definition) is 7. The van der Waals surface area contributed by atoms with Gasteiger partial charge in [0.1, 0.15) is 12.2 Å². The van der Waals surface area contributed by atoms with Gasteiger partial charge in [-0.2, -0.15) is 0 Å². The lowest BCUT2D eigenvalue weighted by atomic mass is 9.95. The van der Waals surface area contributed by atoms with Gasteiger partial charge < -0.3 is 31.1 Å². The molecule has 1 rings (SSSR count). The van der Waals surface area contributed by atoms with Gasteiger partial charge in [0.25, 0.3) is 0 Å². The molecule has 0 spiro atoms. The van der Waals surface area contributed by atoms with Crippen molar-refractivity contribution in [3.63, 3.8) is 0 Å². The Labute approximate surface area is 326 Å². The number of nitrogens with one attached hydrogen (secondary N) is 1. The van der Waals surface area contributed by atoms with Crippen LogP contribution in [0.5, 0.6) is 0 Å². The van der Waals surface area contributed by atoms with Crippen LogP contribution >= 0.6 is 0 Å². The molecule has 2 amide bonds. The zero-order valence-electron chi connectivity index (χ0n) is 35.1. The van der Waals surface area contributed by atoms with Crippen molar-refractivity contribution in [3.05, 3.63) is 0 Å². The van der Waals surface area contributed by atoms with Gasteiger partial charge in [-0.1, -0.05) is 188 Å². The Balaban J connectivity index is 2.76. The van der Waals surface area contributed by atoms with Crippen LogP contribution in [0.2, 0.25) is 0 Å². The Kier molecular flexibility index (Phi) is 29.9. The number of ether oxygens (including phenoxy) is 1. The molecule has 0 radical (unpaired) electrons. The van der Waals surface area contributed by atoms with Gasteiger partial charge in [0.05, 0.1) is 18.8 Å². The monoisotopic (exact) mass is 754 g/mol. The van der Waals surface area contributed by atoms with E-state index in [0.717, 1.165) is 44.9 Å². The van der Waals surface area contributed by atoms with Crippen LogP contribution in [0.15, 0.2) is 0 Å². The number of nitrogens with two attached hydrogens (primary N) is 1. The van der Waals surface area contributed by atoms with Gasteiger partial charge in [0.15, 0.2) is 0 Å². The van der Waals surface area contributed by atoms with Crippen molar-refractivity contribution >= 4 is 11.8 Å². The molecule has 9 nitrogen and oxygen atoms in total. The van der Waals surface area contributed by atoms with Crippen LogP contribution in [0.1, 0.15) is 220 Å². The average molecular weight is 754 g/mol. The van der Waals surface area contributed by atoms with E-state index in [1.165, 1.54) is 128 Å². The zero-order valence-corrected chi connectivity index (χ0v) is 35.1. The van der Waals surface area contributed by atoms with Crippen molar-refractivity contribution in [3.8, 4) is 0 Å². The number of hydrogen-bond donors (Lipinski definition) is 5. The number of rotatable bonds is 35. The molecule has 0 bridgehead atoms. The molecule has 0 saturated carbocycles. The highest BCUT2D eigenvalue weighted by Gasteiger charge is 2.52. The Morgan fingerprint density at radius 2 is 1.09 bits per heavy atom. The van der Waals surface area contributed by atoms with E-state index in [0.29, 0.717) is 19.4 Å². The van der Waals surface area contributed by atoms with E-state index >= 15 is 0 Å². The maximum absolute atomic E-state index is 14.1. The topological polar surface area (TPSA) is 145 Å². The van der Waals surface area contributed by atoms with Crippen molar-refractivity contribution in [1.29, 1.82) is 0 Å². The minimum absolute atomic E-state index is 0.152. The van der Waals surface area contributed by atoms with Crippen LogP contribution in [0.25, 0.3) is 0 Å². The number of carbonyl (C=O) groups is 2. The van der Waals surface area contributed by atoms with Crippen molar-refractivity contribution in [2.45, 2.75) is 251 Å². The summed E-state index contributed by atoms with van der Waals surface area (Å²) >= 11 is 0. The molecular weight excluding hydrogens is 666 g/mol. The molecule has 0 aromatic rings. The molecule has 0 aliphatic carbocycles. The van der Waals surface area contributed by atoms with Crippen LogP contribution < -0.4 is 11.1 Å². The van der Waals surface area contributed by atoms with Gasteiger partial charge in [-0.3, -0.25) is 14.5 Å². The molecule has 314 valence electrons. The number of amides is 2. The predicted octanol–water partition coefficient (Wildman–Crippen LogP) is 9.42. The molecule has 0 aromatic heterocycles. The summed E-state index contributed by atoms with van der Waals surface area (Å²) in [5.74, 6) is -2.15. The quantitative estimate of drug-likeness (QED) is 0.0320. The van der Waals surface area contributed by atoms with E-state index in [-0.39, 0.29) is 18.2 Å². The molecular formula is C44H87N3O6. The average Bonchev–Trinajstić information content (AvgIpc) is 3.13. The van der Waals surface area contributed by atoms with E-state index in [9.17, 15) is 24.9 Å². The normalized spacial score (nSPS) is 20.9. The van der Waals surface area contributed by atoms with Crippen molar-refractivity contribution in [2.75, 3.05) is 13.2 Å². The molecule has 1 fully saturated rings. The Morgan fingerprint density at radius 3 is 1.49 bits per heavy atom. The van der Waals surface area contributed by atoms with Crippen LogP contribution in [0.4, 0.5) is 0 Å². The smallest absolute Gasteiger partial charge is 0.240 e. The lowest BCUT2D eigenvalue weighted by Crippen LogP contribution is -2.72. The van der Waals surface area contributed by atoms with Gasteiger partial charge in [-0.25, -0.2) is 0 Å². The maximum atomic E-state index is 14.1. The first-order chi connectivity index (χ1) is 25.6. The number of unbranched alkanes of at least 4 members (excludes halogenated alkanes) is 25. The van der Waals surface area contributed by atoms with Crippen molar-refractivity contribution < 1.29 is 29.6 Å². The molecule has 1 aliphatic heterocycles. The summed E-state index contributed by atoms with van der Waals surface area (Å²) in [6.07, 6.45) is 29.7. The van der Waals surface area contributed by atoms with Gasteiger partial charge >= 0.3 is 0 Å². The summed E-state index contributed by atoms with van der Waals surface area (Å²) in [6.45, 7) is 8.27. The molecule has 6 N–H and O–H groups in total. The van der Waals surface area contributed by atoms with E-state index in [1.807, 2.05) is 13.8 Å². The van der Waals surface area contributed by atoms with Crippen LogP contribution in [0.3, 0.4) is 0 Å². The summed E-state index contributed by atoms with van der Waals surface area (Å²) in [6, 6.07) is -0.828. The van der Waals surface area contributed by atoms with Gasteiger partial charge in [0, 0.05) is 19.4 Å². The minimum Gasteiger partial charge on any atom is -0.394 e. The first-order valence-corrected chi connectivity index (χ1v) is 22.6. The molecule has 1 aliphatic rings. The third-order valence-electron chi connectivity index (χ3n) is 11.1. The number of aliphatic hydroxyl groups excluding tert-OH is 3. The fourth-order valence-electron chi connectivity index (χ4n) is 7.79. The Hall–Kier alpha value is -1.26. The minimum atomic E-state index is -1.71. The van der Waals surface area contributed by atoms with E-state index < -0.39 is 42.7 Å². The first-order valence-electron chi connectivity index (χ1n) is 22.6. The molecule has 0 unspecified atom stereocenters. The van der Waals surface area contributed by atoms with Gasteiger partial charge in [0.2, 0.25) is 17.7 Å². The number of carbonyl (C=O) groups excluding carboxylic acids is 2. The molecule has 1 saturated heterocycles. The SMILES string of the molecule is CCCCCCCCCCCCCCCCCC(=O)N(CCCCCCCCCCCCCC)[C@@]1(NC(=O)[C@@H](N)CC(C)C)C[C@@H](O)[C@H](O)[C@@H](CO)O1. The van der Waals surface area contributed by atoms with E-state index in [4.69, 9.17) is 10.5 Å². The largest absolute Gasteiger partial charge is 0.394 e. The van der Waals surface area contributed by atoms with E-state index in [1.54, 1.807) is 4.90 Å². The first kappa shape index (κ1) is 49.8. The Bertz CT molecular complexity index is 891. The fraction of sp³-hybridized carbons (Fsp3) is 0.955. The number of aliphatic hydroxyl groups is 3. The molecule has 53 heavy (non-hydrogen) atoms.